The molecule has 0 spiro atoms. The van der Waals surface area contributed by atoms with Gasteiger partial charge in [-0.15, -0.1) is 0 Å². The van der Waals surface area contributed by atoms with Gasteiger partial charge in [-0.05, 0) is 37.7 Å². The van der Waals surface area contributed by atoms with E-state index in [1.807, 2.05) is 19.9 Å². The van der Waals surface area contributed by atoms with Crippen molar-refractivity contribution < 1.29 is 14.4 Å². The number of aliphatic hydroxyl groups excluding tert-OH is 1. The monoisotopic (exact) mass is 343 g/mol. The van der Waals surface area contributed by atoms with Crippen LogP contribution in [-0.4, -0.2) is 33.3 Å². The van der Waals surface area contributed by atoms with Crippen molar-refractivity contribution in [1.82, 2.24) is 15.5 Å². The minimum absolute atomic E-state index is 0.0247. The highest BCUT2D eigenvalue weighted by Gasteiger charge is 2.36. The van der Waals surface area contributed by atoms with Crippen molar-refractivity contribution in [3.8, 4) is 0 Å². The second kappa shape index (κ2) is 6.09. The van der Waals surface area contributed by atoms with Gasteiger partial charge in [0.2, 0.25) is 0 Å². The number of amides is 1. The summed E-state index contributed by atoms with van der Waals surface area (Å²) < 4.78 is 5.45. The van der Waals surface area contributed by atoms with Crippen LogP contribution in [0.5, 0.6) is 0 Å². The summed E-state index contributed by atoms with van der Waals surface area (Å²) in [6.45, 7) is 4.03. The van der Waals surface area contributed by atoms with Crippen LogP contribution in [0.3, 0.4) is 0 Å². The van der Waals surface area contributed by atoms with Crippen molar-refractivity contribution in [3.05, 3.63) is 23.0 Å². The molecule has 0 aromatic carbocycles. The number of rotatable bonds is 5. The second-order valence-electron chi connectivity index (χ2n) is 7.87. The molecule has 2 fully saturated rings. The summed E-state index contributed by atoms with van der Waals surface area (Å²) in [6, 6.07) is 1.90. The van der Waals surface area contributed by atoms with Gasteiger partial charge in [-0.2, -0.15) is 0 Å². The maximum absolute atomic E-state index is 13.1. The summed E-state index contributed by atoms with van der Waals surface area (Å²) in [5.41, 5.74) is 2.20. The van der Waals surface area contributed by atoms with Crippen molar-refractivity contribution in [2.45, 2.75) is 69.7 Å². The van der Waals surface area contributed by atoms with Crippen molar-refractivity contribution in [1.29, 1.82) is 0 Å². The molecule has 2 aliphatic rings. The van der Waals surface area contributed by atoms with Gasteiger partial charge in [0, 0.05) is 11.6 Å². The molecule has 4 rings (SSSR count). The highest BCUT2D eigenvalue weighted by atomic mass is 16.5. The summed E-state index contributed by atoms with van der Waals surface area (Å²) in [7, 11) is 0. The Balaban J connectivity index is 1.78. The Morgan fingerprint density at radius 2 is 2.12 bits per heavy atom. The second-order valence-corrected chi connectivity index (χ2v) is 7.87. The lowest BCUT2D eigenvalue weighted by Crippen LogP contribution is -2.49. The average Bonchev–Trinajstić information content (AvgIpc) is 3.19. The molecular weight excluding hydrogens is 318 g/mol. The summed E-state index contributed by atoms with van der Waals surface area (Å²) in [4.78, 5) is 17.7. The van der Waals surface area contributed by atoms with Crippen LogP contribution in [0.25, 0.3) is 11.1 Å². The van der Waals surface area contributed by atoms with E-state index >= 15 is 0 Å². The lowest BCUT2D eigenvalue weighted by molar-refractivity contribution is 0.0840. The van der Waals surface area contributed by atoms with Crippen molar-refractivity contribution in [2.75, 3.05) is 6.61 Å². The first-order valence-electron chi connectivity index (χ1n) is 9.26. The number of carbonyl (C=O) groups excluding carboxylic acids is 1. The Morgan fingerprint density at radius 3 is 2.72 bits per heavy atom. The van der Waals surface area contributed by atoms with Crippen molar-refractivity contribution in [2.24, 2.45) is 0 Å². The number of aromatic nitrogens is 2. The zero-order valence-electron chi connectivity index (χ0n) is 14.8. The number of hydrogen-bond acceptors (Lipinski definition) is 5. The van der Waals surface area contributed by atoms with E-state index in [1.54, 1.807) is 0 Å². The lowest BCUT2D eigenvalue weighted by Gasteiger charge is -2.28. The third-order valence-corrected chi connectivity index (χ3v) is 5.52. The fraction of sp³-hybridized carbons (Fsp3) is 0.632. The van der Waals surface area contributed by atoms with E-state index in [9.17, 15) is 9.90 Å². The standard InChI is InChI=1S/C19H25N3O3/c1-11(2)16-15-13(17(24)21-19(10-23)7-3-4-8-19)9-14(12-5-6-12)20-18(15)25-22-16/h9,11-12,23H,3-8,10H2,1-2H3,(H,21,24). The van der Waals surface area contributed by atoms with E-state index in [4.69, 9.17) is 4.52 Å². The molecule has 2 aromatic heterocycles. The van der Waals surface area contributed by atoms with Gasteiger partial charge in [0.15, 0.2) is 0 Å². The van der Waals surface area contributed by atoms with E-state index in [-0.39, 0.29) is 18.4 Å². The maximum atomic E-state index is 13.1. The van der Waals surface area contributed by atoms with E-state index in [0.717, 1.165) is 49.9 Å². The number of fused-ring (bicyclic) bond motifs is 1. The summed E-state index contributed by atoms with van der Waals surface area (Å²) in [6.07, 6.45) is 5.91. The van der Waals surface area contributed by atoms with E-state index < -0.39 is 5.54 Å². The minimum Gasteiger partial charge on any atom is -0.394 e. The van der Waals surface area contributed by atoms with Crippen LogP contribution in [0.2, 0.25) is 0 Å². The first kappa shape index (κ1) is 16.5. The molecule has 0 unspecified atom stereocenters. The molecule has 6 nitrogen and oxygen atoms in total. The number of pyridine rings is 1. The molecule has 0 radical (unpaired) electrons. The molecule has 1 amide bonds. The minimum atomic E-state index is -0.498. The highest BCUT2D eigenvalue weighted by molar-refractivity contribution is 6.06. The fourth-order valence-corrected chi connectivity index (χ4v) is 3.84. The number of hydrogen-bond donors (Lipinski definition) is 2. The van der Waals surface area contributed by atoms with Crippen LogP contribution >= 0.6 is 0 Å². The molecule has 6 heteroatoms. The molecule has 134 valence electrons. The summed E-state index contributed by atoms with van der Waals surface area (Å²) in [5.74, 6) is 0.400. The van der Waals surface area contributed by atoms with Gasteiger partial charge in [0.1, 0.15) is 0 Å². The zero-order chi connectivity index (χ0) is 17.6. The molecule has 0 bridgehead atoms. The quantitative estimate of drug-likeness (QED) is 0.870. The normalized spacial score (nSPS) is 19.7. The molecule has 0 aliphatic heterocycles. The van der Waals surface area contributed by atoms with Crippen LogP contribution < -0.4 is 5.32 Å². The predicted octanol–water partition coefficient (Wildman–Crippen LogP) is 3.26. The Kier molecular flexibility index (Phi) is 4.02. The van der Waals surface area contributed by atoms with Crippen LogP contribution in [0.15, 0.2) is 10.6 Å². The molecule has 2 saturated carbocycles. The average molecular weight is 343 g/mol. The highest BCUT2D eigenvalue weighted by Crippen LogP contribution is 2.41. The number of nitrogens with one attached hydrogen (secondary N) is 1. The Labute approximate surface area is 147 Å². The van der Waals surface area contributed by atoms with Gasteiger partial charge in [-0.3, -0.25) is 4.79 Å². The van der Waals surface area contributed by atoms with Crippen LogP contribution in [-0.2, 0) is 0 Å². The Bertz CT molecular complexity index is 802. The molecule has 25 heavy (non-hydrogen) atoms. The summed E-state index contributed by atoms with van der Waals surface area (Å²) >= 11 is 0. The van der Waals surface area contributed by atoms with E-state index in [0.29, 0.717) is 22.6 Å². The van der Waals surface area contributed by atoms with Crippen LogP contribution in [0.1, 0.15) is 86.0 Å². The number of nitrogens with zero attached hydrogens (tertiary/aromatic N) is 2. The molecule has 0 atom stereocenters. The van der Waals surface area contributed by atoms with Gasteiger partial charge < -0.3 is 14.9 Å². The summed E-state index contributed by atoms with van der Waals surface area (Å²) in [5, 5.41) is 17.8. The van der Waals surface area contributed by atoms with Crippen molar-refractivity contribution >= 4 is 17.0 Å². The lowest BCUT2D eigenvalue weighted by atomic mass is 9.96. The SMILES string of the molecule is CC(C)c1noc2nc(C3CC3)cc(C(=O)NC3(CO)CCCC3)c12. The molecule has 2 heterocycles. The largest absolute Gasteiger partial charge is 0.394 e. The topological polar surface area (TPSA) is 88.2 Å². The fourth-order valence-electron chi connectivity index (χ4n) is 3.84. The molecule has 2 aromatic rings. The predicted molar refractivity (Wildman–Crippen MR) is 93.6 cm³/mol. The number of carbonyl (C=O) groups is 1. The van der Waals surface area contributed by atoms with E-state index in [1.165, 1.54) is 0 Å². The van der Waals surface area contributed by atoms with Gasteiger partial charge in [0.05, 0.1) is 28.8 Å². The maximum Gasteiger partial charge on any atom is 0.259 e. The zero-order valence-corrected chi connectivity index (χ0v) is 14.8. The third kappa shape index (κ3) is 2.92. The van der Waals surface area contributed by atoms with Gasteiger partial charge >= 0.3 is 0 Å². The first-order chi connectivity index (χ1) is 12.0. The number of aliphatic hydroxyl groups is 1. The van der Waals surface area contributed by atoms with Crippen molar-refractivity contribution in [3.63, 3.8) is 0 Å². The molecule has 2 aliphatic carbocycles. The van der Waals surface area contributed by atoms with Gasteiger partial charge in [-0.25, -0.2) is 4.98 Å². The van der Waals surface area contributed by atoms with Crippen LogP contribution in [0, 0.1) is 0 Å². The molecule has 2 N–H and O–H groups in total. The van der Waals surface area contributed by atoms with Crippen LogP contribution in [0.4, 0.5) is 0 Å². The smallest absolute Gasteiger partial charge is 0.259 e. The first-order valence-corrected chi connectivity index (χ1v) is 9.26. The van der Waals surface area contributed by atoms with Gasteiger partial charge in [0.25, 0.3) is 11.6 Å². The third-order valence-electron chi connectivity index (χ3n) is 5.52. The molecule has 0 saturated heterocycles. The van der Waals surface area contributed by atoms with Gasteiger partial charge in [-0.1, -0.05) is 31.8 Å². The molecular formula is C19H25N3O3. The Hall–Kier alpha value is -1.95. The Morgan fingerprint density at radius 1 is 1.40 bits per heavy atom. The van der Waals surface area contributed by atoms with E-state index in [2.05, 4.69) is 15.5 Å².